The van der Waals surface area contributed by atoms with Gasteiger partial charge < -0.3 is 16.2 Å². The van der Waals surface area contributed by atoms with Gasteiger partial charge in [0.05, 0.1) is 7.11 Å². The van der Waals surface area contributed by atoms with Gasteiger partial charge in [-0.15, -0.1) is 0 Å². The molecule has 0 aromatic rings. The molecule has 0 amide bonds. The van der Waals surface area contributed by atoms with Crippen LogP contribution in [-0.4, -0.2) is 31.7 Å². The number of ether oxygens (including phenoxy) is 1. The van der Waals surface area contributed by atoms with Crippen LogP contribution in [0, 0.1) is 5.41 Å². The number of esters is 1. The quantitative estimate of drug-likeness (QED) is 0.241. The van der Waals surface area contributed by atoms with Gasteiger partial charge in [0.15, 0.2) is 0 Å². The average Bonchev–Trinajstić information content (AvgIpc) is 2.18. The topological polar surface area (TPSA) is 119 Å². The second-order valence-electron chi connectivity index (χ2n) is 2.52. The second-order valence-corrected chi connectivity index (χ2v) is 2.52. The molecule has 0 heterocycles. The van der Waals surface area contributed by atoms with E-state index in [2.05, 4.69) is 4.74 Å². The first-order chi connectivity index (χ1) is 6.63. The molecule has 0 saturated carbocycles. The average molecular weight is 203 g/mol. The molecule has 0 radical (unpaired) electrons. The molecule has 1 atom stereocenters. The predicted octanol–water partition coefficient (Wildman–Crippen LogP) is -0.483. The number of hydrogen-bond acceptors (Lipinski definition) is 6. The number of carbonyl (C=O) groups excluding carboxylic acids is 2. The molecule has 6 heteroatoms. The van der Waals surface area contributed by atoms with E-state index >= 15 is 0 Å². The van der Waals surface area contributed by atoms with Gasteiger partial charge in [0.2, 0.25) is 6.08 Å². The lowest BCUT2D eigenvalue weighted by molar-refractivity contribution is -0.142. The van der Waals surface area contributed by atoms with Crippen LogP contribution in [0.15, 0.2) is 0 Å². The summed E-state index contributed by atoms with van der Waals surface area (Å²) < 4.78 is 4.45. The number of nitrogens with one attached hydrogen (secondary N) is 1. The zero-order chi connectivity index (χ0) is 11.4. The van der Waals surface area contributed by atoms with Gasteiger partial charge in [-0.3, -0.25) is 4.79 Å². The number of rotatable bonds is 5. The maximum atomic E-state index is 10.7. The summed E-state index contributed by atoms with van der Waals surface area (Å²) in [5.74, 6) is -0.345. The van der Waals surface area contributed by atoms with Gasteiger partial charge >= 0.3 is 5.97 Å². The number of unbranched alkanes of at least 4 members (excludes halogenated alkanes) is 1. The van der Waals surface area contributed by atoms with Crippen molar-refractivity contribution in [2.24, 2.45) is 11.5 Å². The second kappa shape index (κ2) is 11.8. The highest BCUT2D eigenvalue weighted by atomic mass is 16.5. The molecule has 0 aliphatic heterocycles. The minimum absolute atomic E-state index is 0.345. The first-order valence-corrected chi connectivity index (χ1v) is 4.21. The smallest absolute Gasteiger partial charge is 0.322 e. The Kier molecular flexibility index (Phi) is 12.8. The number of methoxy groups -OCH3 is 1. The van der Waals surface area contributed by atoms with Crippen LogP contribution in [0.25, 0.3) is 0 Å². The van der Waals surface area contributed by atoms with E-state index in [0.29, 0.717) is 13.0 Å². The third kappa shape index (κ3) is 10.8. The highest BCUT2D eigenvalue weighted by molar-refractivity contribution is 5.75. The molecular weight excluding hydrogens is 186 g/mol. The van der Waals surface area contributed by atoms with Crippen LogP contribution in [0.2, 0.25) is 0 Å². The van der Waals surface area contributed by atoms with E-state index < -0.39 is 6.04 Å². The summed E-state index contributed by atoms with van der Waals surface area (Å²) in [6, 6.07) is -0.480. The highest BCUT2D eigenvalue weighted by Crippen LogP contribution is 1.98. The summed E-state index contributed by atoms with van der Waals surface area (Å²) >= 11 is 0. The molecule has 0 aromatic heterocycles. The van der Waals surface area contributed by atoms with E-state index in [4.69, 9.17) is 21.7 Å². The molecule has 0 aromatic carbocycles. The normalized spacial score (nSPS) is 10.5. The maximum Gasteiger partial charge on any atom is 0.322 e. The Morgan fingerprint density at radius 3 is 2.43 bits per heavy atom. The number of isocyanates is 1. The van der Waals surface area contributed by atoms with Crippen LogP contribution in [0.3, 0.4) is 0 Å². The summed E-state index contributed by atoms with van der Waals surface area (Å²) in [4.78, 5) is 19.1. The number of carbonyl (C=O) groups is 1. The fourth-order valence-electron chi connectivity index (χ4n) is 0.778. The van der Waals surface area contributed by atoms with Crippen LogP contribution in [0.5, 0.6) is 0 Å². The molecule has 5 N–H and O–H groups in total. The van der Waals surface area contributed by atoms with Crippen LogP contribution >= 0.6 is 0 Å². The van der Waals surface area contributed by atoms with Gasteiger partial charge in [-0.25, -0.2) is 10.2 Å². The van der Waals surface area contributed by atoms with Gasteiger partial charge in [0, 0.05) is 0 Å². The SMILES string of the molecule is COC(=O)[C@@H](N)CCCCN.N=C=O. The fourth-order valence-corrected chi connectivity index (χ4v) is 0.778. The minimum Gasteiger partial charge on any atom is -0.468 e. The molecule has 0 unspecified atom stereocenters. The lowest BCUT2D eigenvalue weighted by Crippen LogP contribution is -2.31. The highest BCUT2D eigenvalue weighted by Gasteiger charge is 2.11. The van der Waals surface area contributed by atoms with E-state index in [-0.39, 0.29) is 5.97 Å². The third-order valence-electron chi connectivity index (χ3n) is 1.47. The van der Waals surface area contributed by atoms with E-state index in [1.165, 1.54) is 7.11 Å². The Morgan fingerprint density at radius 1 is 1.57 bits per heavy atom. The standard InChI is InChI=1S/C7H16N2O2.CHNO/c1-11-7(10)6(9)4-2-3-5-8;2-1-3/h6H,2-5,8-9H2,1H3;2H/t6-;/m0./s1. The van der Waals surface area contributed by atoms with Gasteiger partial charge in [-0.1, -0.05) is 6.42 Å². The molecule has 0 rings (SSSR count). The lowest BCUT2D eigenvalue weighted by atomic mass is 10.1. The van der Waals surface area contributed by atoms with Crippen LogP contribution in [0.1, 0.15) is 19.3 Å². The van der Waals surface area contributed by atoms with Crippen molar-refractivity contribution in [3.05, 3.63) is 0 Å². The van der Waals surface area contributed by atoms with Crippen molar-refractivity contribution >= 4 is 12.0 Å². The molecule has 14 heavy (non-hydrogen) atoms. The van der Waals surface area contributed by atoms with E-state index in [9.17, 15) is 4.79 Å². The molecule has 82 valence electrons. The van der Waals surface area contributed by atoms with E-state index in [0.717, 1.165) is 18.9 Å². The van der Waals surface area contributed by atoms with Crippen LogP contribution in [-0.2, 0) is 14.3 Å². The van der Waals surface area contributed by atoms with E-state index in [1.807, 2.05) is 0 Å². The van der Waals surface area contributed by atoms with Gasteiger partial charge in [-0.05, 0) is 19.4 Å². The third-order valence-corrected chi connectivity index (χ3v) is 1.47. The summed E-state index contributed by atoms with van der Waals surface area (Å²) in [6.45, 7) is 0.647. The Morgan fingerprint density at radius 2 is 2.07 bits per heavy atom. The van der Waals surface area contributed by atoms with Crippen molar-refractivity contribution in [1.82, 2.24) is 0 Å². The molecule has 0 saturated heterocycles. The summed E-state index contributed by atoms with van der Waals surface area (Å²) in [5.41, 5.74) is 10.7. The largest absolute Gasteiger partial charge is 0.468 e. The zero-order valence-electron chi connectivity index (χ0n) is 8.29. The number of nitrogens with two attached hydrogens (primary N) is 2. The van der Waals surface area contributed by atoms with E-state index in [1.54, 1.807) is 0 Å². The molecule has 0 aliphatic rings. The summed E-state index contributed by atoms with van der Waals surface area (Å²) in [6.07, 6.45) is 3.20. The van der Waals surface area contributed by atoms with Crippen molar-refractivity contribution in [1.29, 1.82) is 5.41 Å². The fraction of sp³-hybridized carbons (Fsp3) is 0.750. The Bertz CT molecular complexity index is 179. The molecule has 0 aliphatic carbocycles. The minimum atomic E-state index is -0.480. The first-order valence-electron chi connectivity index (χ1n) is 4.21. The Labute approximate surface area is 83.1 Å². The molecule has 0 fully saturated rings. The van der Waals surface area contributed by atoms with Crippen molar-refractivity contribution in [3.8, 4) is 0 Å². The maximum absolute atomic E-state index is 10.7. The molecule has 0 bridgehead atoms. The monoisotopic (exact) mass is 203 g/mol. The lowest BCUT2D eigenvalue weighted by Gasteiger charge is -2.07. The summed E-state index contributed by atoms with van der Waals surface area (Å²) in [7, 11) is 1.34. The van der Waals surface area contributed by atoms with Crippen molar-refractivity contribution in [3.63, 3.8) is 0 Å². The zero-order valence-corrected chi connectivity index (χ0v) is 8.29. The van der Waals surface area contributed by atoms with Gasteiger partial charge in [0.1, 0.15) is 6.04 Å². The van der Waals surface area contributed by atoms with Crippen LogP contribution in [0.4, 0.5) is 0 Å². The van der Waals surface area contributed by atoms with Crippen molar-refractivity contribution < 1.29 is 14.3 Å². The predicted molar refractivity (Wildman–Crippen MR) is 51.3 cm³/mol. The van der Waals surface area contributed by atoms with Crippen molar-refractivity contribution in [2.45, 2.75) is 25.3 Å². The van der Waals surface area contributed by atoms with Crippen LogP contribution < -0.4 is 11.5 Å². The van der Waals surface area contributed by atoms with Gasteiger partial charge in [-0.2, -0.15) is 0 Å². The van der Waals surface area contributed by atoms with Gasteiger partial charge in [0.25, 0.3) is 0 Å². The Balaban J connectivity index is 0. The molecule has 0 spiro atoms. The Hall–Kier alpha value is -1.23. The first kappa shape index (κ1) is 15.3. The molecule has 6 nitrogen and oxygen atoms in total. The number of hydrogen-bond donors (Lipinski definition) is 3. The molecular formula is C8H17N3O3. The van der Waals surface area contributed by atoms with Crippen molar-refractivity contribution in [2.75, 3.05) is 13.7 Å². The summed E-state index contributed by atoms with van der Waals surface area (Å²) in [5, 5.41) is 5.40.